The monoisotopic (exact) mass is 241 g/mol. The summed E-state index contributed by atoms with van der Waals surface area (Å²) in [7, 11) is 1.67. The lowest BCUT2D eigenvalue weighted by Gasteiger charge is -2.01. The van der Waals surface area contributed by atoms with Crippen LogP contribution in [0.2, 0.25) is 0 Å². The highest BCUT2D eigenvalue weighted by atomic mass is 16.8. The van der Waals surface area contributed by atoms with E-state index < -0.39 is 0 Å². The van der Waals surface area contributed by atoms with Crippen molar-refractivity contribution < 1.29 is 9.57 Å². The van der Waals surface area contributed by atoms with Crippen molar-refractivity contribution >= 4 is 0 Å². The second kappa shape index (κ2) is 4.80. The Balaban J connectivity index is 1.63. The zero-order valence-electron chi connectivity index (χ0n) is 10.2. The predicted molar refractivity (Wildman–Crippen MR) is 68.8 cm³/mol. The topological polar surface area (TPSA) is 24.8 Å². The largest absolute Gasteiger partial charge is 0.497 e. The summed E-state index contributed by atoms with van der Waals surface area (Å²) in [5.41, 5.74) is 2.42. The van der Waals surface area contributed by atoms with Gasteiger partial charge in [0.15, 0.2) is 6.23 Å². The number of rotatable bonds is 4. The van der Waals surface area contributed by atoms with Crippen LogP contribution in [-0.2, 0) is 11.4 Å². The molecule has 3 nitrogen and oxygen atoms in total. The van der Waals surface area contributed by atoms with Gasteiger partial charge in [0.25, 0.3) is 0 Å². The molecule has 0 radical (unpaired) electrons. The molecule has 0 aliphatic carbocycles. The molecule has 2 atom stereocenters. The van der Waals surface area contributed by atoms with Crippen LogP contribution >= 0.6 is 0 Å². The van der Waals surface area contributed by atoms with Gasteiger partial charge in [-0.3, -0.25) is 4.84 Å². The number of benzene rings is 2. The predicted octanol–water partition coefficient (Wildman–Crippen LogP) is 3.14. The molecule has 1 aliphatic heterocycles. The highest BCUT2D eigenvalue weighted by molar-refractivity contribution is 5.29. The number of nitrogens with zero attached hydrogens (tertiary/aromatic N) is 1. The summed E-state index contributed by atoms with van der Waals surface area (Å²) in [6.07, 6.45) is 0.0797. The van der Waals surface area contributed by atoms with Crippen molar-refractivity contribution in [3.63, 3.8) is 0 Å². The quantitative estimate of drug-likeness (QED) is 0.769. The Hall–Kier alpha value is -1.84. The van der Waals surface area contributed by atoms with Gasteiger partial charge in [-0.15, -0.1) is 5.06 Å². The van der Waals surface area contributed by atoms with Crippen LogP contribution in [0.1, 0.15) is 17.4 Å². The van der Waals surface area contributed by atoms with Crippen LogP contribution in [0, 0.1) is 0 Å². The third kappa shape index (κ3) is 2.37. The molecular formula is C15H15NO2. The lowest BCUT2D eigenvalue weighted by molar-refractivity contribution is 0.192. The first kappa shape index (κ1) is 11.3. The third-order valence-electron chi connectivity index (χ3n) is 3.03. The molecule has 2 aromatic carbocycles. The number of hydroxylamine groups is 2. The zero-order valence-corrected chi connectivity index (χ0v) is 10.2. The van der Waals surface area contributed by atoms with E-state index in [1.807, 2.05) is 47.5 Å². The maximum Gasteiger partial charge on any atom is 0.180 e. The van der Waals surface area contributed by atoms with Crippen molar-refractivity contribution in [1.29, 1.82) is 0 Å². The van der Waals surface area contributed by atoms with Crippen molar-refractivity contribution in [3.8, 4) is 5.75 Å². The molecule has 1 heterocycles. The van der Waals surface area contributed by atoms with Crippen LogP contribution < -0.4 is 4.74 Å². The van der Waals surface area contributed by atoms with Gasteiger partial charge < -0.3 is 4.74 Å². The van der Waals surface area contributed by atoms with Crippen molar-refractivity contribution in [1.82, 2.24) is 5.06 Å². The lowest BCUT2D eigenvalue weighted by atomic mass is 10.2. The number of ether oxygens (including phenoxy) is 1. The number of methoxy groups -OCH3 is 1. The van der Waals surface area contributed by atoms with Gasteiger partial charge in [0.05, 0.1) is 13.7 Å². The molecule has 1 saturated heterocycles. The molecule has 0 N–H and O–H groups in total. The fraction of sp³-hybridized carbons (Fsp3) is 0.200. The van der Waals surface area contributed by atoms with Crippen LogP contribution in [-0.4, -0.2) is 12.2 Å². The highest BCUT2D eigenvalue weighted by Crippen LogP contribution is 2.38. The fourth-order valence-electron chi connectivity index (χ4n) is 1.98. The fourth-order valence-corrected chi connectivity index (χ4v) is 1.98. The SMILES string of the molecule is COc1ccc(C2ON2Cc2ccccc2)cc1. The standard InChI is InChI=1S/C15H15NO2/c1-17-14-9-7-13(8-10-14)15-16(18-15)11-12-5-3-2-4-6-12/h2-10,15H,11H2,1H3. The Morgan fingerprint density at radius 3 is 2.44 bits per heavy atom. The van der Waals surface area contributed by atoms with E-state index in [0.717, 1.165) is 17.9 Å². The molecule has 0 spiro atoms. The van der Waals surface area contributed by atoms with E-state index in [1.165, 1.54) is 5.56 Å². The summed E-state index contributed by atoms with van der Waals surface area (Å²) in [4.78, 5) is 5.57. The van der Waals surface area contributed by atoms with Crippen LogP contribution in [0.15, 0.2) is 54.6 Å². The first-order valence-corrected chi connectivity index (χ1v) is 5.98. The molecule has 0 bridgehead atoms. The summed E-state index contributed by atoms with van der Waals surface area (Å²) in [5, 5.41) is 1.97. The lowest BCUT2D eigenvalue weighted by Crippen LogP contribution is -1.98. The minimum atomic E-state index is 0.0797. The maximum absolute atomic E-state index is 5.57. The van der Waals surface area contributed by atoms with Crippen molar-refractivity contribution in [2.45, 2.75) is 12.8 Å². The normalized spacial score (nSPS) is 21.6. The van der Waals surface area contributed by atoms with Gasteiger partial charge in [-0.1, -0.05) is 42.5 Å². The average Bonchev–Trinajstić information content (AvgIpc) is 3.19. The van der Waals surface area contributed by atoms with E-state index in [4.69, 9.17) is 9.57 Å². The number of hydrogen-bond donors (Lipinski definition) is 0. The Kier molecular flexibility index (Phi) is 3.00. The van der Waals surface area contributed by atoms with Crippen LogP contribution in [0.4, 0.5) is 0 Å². The van der Waals surface area contributed by atoms with Crippen LogP contribution in [0.5, 0.6) is 5.75 Å². The Morgan fingerprint density at radius 1 is 1.06 bits per heavy atom. The Labute approximate surface area is 107 Å². The molecule has 0 amide bonds. The molecule has 0 aromatic heterocycles. The first-order chi connectivity index (χ1) is 8.86. The summed E-state index contributed by atoms with van der Waals surface area (Å²) >= 11 is 0. The van der Waals surface area contributed by atoms with E-state index in [9.17, 15) is 0 Å². The molecule has 18 heavy (non-hydrogen) atoms. The van der Waals surface area contributed by atoms with E-state index in [1.54, 1.807) is 7.11 Å². The second-order valence-electron chi connectivity index (χ2n) is 4.29. The van der Waals surface area contributed by atoms with Gasteiger partial charge in [0, 0.05) is 0 Å². The highest BCUT2D eigenvalue weighted by Gasteiger charge is 2.37. The molecule has 3 heteroatoms. The van der Waals surface area contributed by atoms with Gasteiger partial charge >= 0.3 is 0 Å². The molecule has 2 aromatic rings. The minimum Gasteiger partial charge on any atom is -0.497 e. The van der Waals surface area contributed by atoms with E-state index in [2.05, 4.69) is 12.1 Å². The van der Waals surface area contributed by atoms with Crippen LogP contribution in [0.25, 0.3) is 0 Å². The molecule has 92 valence electrons. The van der Waals surface area contributed by atoms with Gasteiger partial charge in [-0.25, -0.2) is 0 Å². The summed E-state index contributed by atoms with van der Waals surface area (Å²) in [6, 6.07) is 18.3. The Morgan fingerprint density at radius 2 is 1.78 bits per heavy atom. The Bertz CT molecular complexity index is 510. The van der Waals surface area contributed by atoms with E-state index in [0.29, 0.717) is 0 Å². The first-order valence-electron chi connectivity index (χ1n) is 5.98. The van der Waals surface area contributed by atoms with Gasteiger partial charge in [0.2, 0.25) is 0 Å². The van der Waals surface area contributed by atoms with Gasteiger partial charge in [0.1, 0.15) is 5.75 Å². The van der Waals surface area contributed by atoms with Gasteiger partial charge in [-0.05, 0) is 23.3 Å². The summed E-state index contributed by atoms with van der Waals surface area (Å²) in [5.74, 6) is 0.869. The summed E-state index contributed by atoms with van der Waals surface area (Å²) in [6.45, 7) is 0.817. The molecule has 2 unspecified atom stereocenters. The molecule has 1 fully saturated rings. The minimum absolute atomic E-state index is 0.0797. The zero-order chi connectivity index (χ0) is 12.4. The van der Waals surface area contributed by atoms with Crippen LogP contribution in [0.3, 0.4) is 0 Å². The smallest absolute Gasteiger partial charge is 0.180 e. The van der Waals surface area contributed by atoms with E-state index >= 15 is 0 Å². The van der Waals surface area contributed by atoms with Gasteiger partial charge in [-0.2, -0.15) is 0 Å². The molecule has 1 aliphatic rings. The number of hydrogen-bond acceptors (Lipinski definition) is 3. The van der Waals surface area contributed by atoms with Crippen molar-refractivity contribution in [2.24, 2.45) is 0 Å². The average molecular weight is 241 g/mol. The van der Waals surface area contributed by atoms with Crippen molar-refractivity contribution in [3.05, 3.63) is 65.7 Å². The molecular weight excluding hydrogens is 226 g/mol. The maximum atomic E-state index is 5.57. The molecule has 3 rings (SSSR count). The summed E-state index contributed by atoms with van der Waals surface area (Å²) < 4.78 is 5.14. The second-order valence-corrected chi connectivity index (χ2v) is 4.29. The molecule has 0 saturated carbocycles. The third-order valence-corrected chi connectivity index (χ3v) is 3.03. The van der Waals surface area contributed by atoms with Crippen molar-refractivity contribution in [2.75, 3.05) is 7.11 Å². The van der Waals surface area contributed by atoms with E-state index in [-0.39, 0.29) is 6.23 Å².